The van der Waals surface area contributed by atoms with Crippen LogP contribution in [0.2, 0.25) is 6.82 Å². The third-order valence-corrected chi connectivity index (χ3v) is 22.2. The van der Waals surface area contributed by atoms with Crippen LogP contribution in [0.1, 0.15) is 130 Å². The standard InChI is InChI=1S/C62H8BP.C51H30O2/c1-3-4-5-6-7-8-9-10-11-12-13-14-15-16-17-18-21-24-27-30-33-36-39-42-45-48-51-54-57-60-63(2)61-58-55-52-49-46-43-40-37-34-31-28-25-22-19-20-23-26-29-32-35-38-41-44-47-50-53-56-59-62-64;1-53-28(52)8-5-9-50(27-6-3-2-4-7-27)49-17-25-15-23-13-21-11-19-10-20-12-22-14-24-16-26(18-49)36-32(24)40-34(22)38-30(20)29(19)37-33(21)39-31(23)35(25)47-45-43(39)41(37)42(38)44(40)46(45)48(36)51(47,49)50/h64H2,1-2H3;2-4,6-7,11-14,17-18,21-22,33-34H,5,8-10,15-16H2,1H3. The van der Waals surface area contributed by atoms with Gasteiger partial charge in [0.1, 0.15) is 0 Å². The molecule has 13 aliphatic carbocycles. The third kappa shape index (κ3) is 12.1. The van der Waals surface area contributed by atoms with Gasteiger partial charge in [0.05, 0.1) is 7.11 Å². The Labute approximate surface area is 685 Å². The van der Waals surface area contributed by atoms with E-state index >= 15 is 0 Å². The Morgan fingerprint density at radius 3 is 0.966 bits per heavy atom. The predicted molar refractivity (Wildman–Crippen MR) is 469 cm³/mol. The topological polar surface area (TPSA) is 26.3 Å². The highest BCUT2D eigenvalue weighted by molar-refractivity contribution is 7.23. The van der Waals surface area contributed by atoms with E-state index < -0.39 is 0 Å². The molecule has 5 aromatic rings. The number of esters is 1. The number of hydrogen-bond donors (Lipinski definition) is 0. The molecule has 0 aliphatic heterocycles. The van der Waals surface area contributed by atoms with E-state index in [4.69, 9.17) is 4.74 Å². The van der Waals surface area contributed by atoms with E-state index in [0.29, 0.717) is 30.1 Å². The molecule has 18 rings (SSSR count). The summed E-state index contributed by atoms with van der Waals surface area (Å²) in [6.07, 6.45) is 22.2. The largest absolute Gasteiger partial charge is 0.469 e. The van der Waals surface area contributed by atoms with Crippen LogP contribution in [0.5, 0.6) is 0 Å². The molecule has 6 unspecified atom stereocenters. The molecule has 1 saturated carbocycles. The van der Waals surface area contributed by atoms with Crippen LogP contribution in [0.3, 0.4) is 0 Å². The maximum atomic E-state index is 12.8. The predicted octanol–water partition coefficient (Wildman–Crippen LogP) is 11.9. The summed E-state index contributed by atoms with van der Waals surface area (Å²) < 4.78 is 5.27. The quantitative estimate of drug-likeness (QED) is 0.0576. The van der Waals surface area contributed by atoms with Crippen LogP contribution < -0.4 is 0 Å². The molecule has 0 amide bonds. The van der Waals surface area contributed by atoms with E-state index in [9.17, 15) is 4.79 Å². The van der Waals surface area contributed by atoms with E-state index in [0.717, 1.165) is 32.1 Å². The van der Waals surface area contributed by atoms with Gasteiger partial charge in [-0.05, 0) is 367 Å². The van der Waals surface area contributed by atoms with E-state index in [-0.39, 0.29) is 28.9 Å². The molecule has 6 atom stereocenters. The van der Waals surface area contributed by atoms with Crippen molar-refractivity contribution in [1.82, 2.24) is 0 Å². The van der Waals surface area contributed by atoms with Crippen molar-refractivity contribution in [3.8, 4) is 355 Å². The summed E-state index contributed by atoms with van der Waals surface area (Å²) in [7, 11) is 3.78. The van der Waals surface area contributed by atoms with Crippen molar-refractivity contribution < 1.29 is 9.53 Å². The molecule has 1 fully saturated rings. The van der Waals surface area contributed by atoms with Crippen LogP contribution in [0.15, 0.2) is 66.8 Å². The van der Waals surface area contributed by atoms with E-state index in [1.165, 1.54) is 5.56 Å². The van der Waals surface area contributed by atoms with Gasteiger partial charge in [0.2, 0.25) is 0 Å². The summed E-state index contributed by atoms with van der Waals surface area (Å²) in [4.78, 5) is 12.8. The Kier molecular flexibility index (Phi) is 19.4. The zero-order chi connectivity index (χ0) is 79.6. The number of carbonyl (C=O) groups is 1. The number of carbonyl (C=O) groups excluding carboxylic acids is 1. The fourth-order valence-electron chi connectivity index (χ4n) is 19.3. The lowest BCUT2D eigenvalue weighted by atomic mass is 9.54. The summed E-state index contributed by atoms with van der Waals surface area (Å²) in [5.74, 6) is 151. The maximum Gasteiger partial charge on any atom is 0.314 e. The first-order valence-corrected chi connectivity index (χ1v) is 37.3. The molecule has 0 bridgehead atoms. The highest BCUT2D eigenvalue weighted by atomic mass is 31.0. The van der Waals surface area contributed by atoms with Crippen LogP contribution in [-0.4, -0.2) is 19.8 Å². The average molecular weight is 1470 g/mol. The molecule has 0 N–H and O–H groups in total. The fraction of sp³-hybridized carbons (Fsp3) is 0.142. The molecule has 0 aromatic heterocycles. The van der Waals surface area contributed by atoms with Gasteiger partial charge < -0.3 is 4.74 Å². The lowest BCUT2D eigenvalue weighted by Gasteiger charge is -2.35. The Morgan fingerprint density at radius 2 is 0.658 bits per heavy atom. The molecule has 510 valence electrons. The van der Waals surface area contributed by atoms with E-state index in [2.05, 4.69) is 431 Å². The Hall–Kier alpha value is -17.9. The monoisotopic (exact) mass is 1470 g/mol. The molecule has 2 nitrogen and oxygen atoms in total. The Bertz CT molecular complexity index is 7840. The van der Waals surface area contributed by atoms with Crippen molar-refractivity contribution in [3.63, 3.8) is 0 Å². The van der Waals surface area contributed by atoms with Crippen molar-refractivity contribution >= 4 is 87.7 Å². The number of benzene rings is 5. The highest BCUT2D eigenvalue weighted by Gasteiger charge is 2.90. The van der Waals surface area contributed by atoms with Crippen molar-refractivity contribution in [2.45, 2.75) is 74.9 Å². The van der Waals surface area contributed by atoms with Crippen molar-refractivity contribution in [2.75, 3.05) is 7.11 Å². The molecule has 13 aliphatic rings. The molecule has 0 heterocycles. The molecular weight excluding hydrogens is 1430 g/mol. The molecule has 117 heavy (non-hydrogen) atoms. The summed E-state index contributed by atoms with van der Waals surface area (Å²) in [6, 6.07) is 11.6. The Morgan fingerprint density at radius 1 is 0.376 bits per heavy atom. The molecule has 1 spiro atoms. The molecule has 5 aromatic carbocycles. The summed E-state index contributed by atoms with van der Waals surface area (Å²) in [5.41, 5.74) is 33.3. The SMILES string of the molecule is CC#CC#CC#CC#CC#CC#CC#CC#CC#CC#CC#CC#CC#CC#CC#CB(C)C#CC#CC#CC#CC#CC#CC#CC#CC#CC#CC#CC#CC#CC#CC#CP.COC(=O)CCCC1(c2ccccc2)C23C=C4CC5=CC6C=C7CC8=CC9C=C%10CC(=C2)c2c%10c%10c%11c%12c(c8c7c7c%12c8c(c5c4c4c8c%11c2C431)C76)C%109. The van der Waals surface area contributed by atoms with Crippen LogP contribution >= 0.6 is 9.24 Å². The molecule has 4 heteroatoms. The van der Waals surface area contributed by atoms with Crippen molar-refractivity contribution in [3.05, 3.63) is 139 Å². The van der Waals surface area contributed by atoms with Gasteiger partial charge in [-0.2, -0.15) is 0 Å². The second-order valence-electron chi connectivity index (χ2n) is 27.4. The highest BCUT2D eigenvalue weighted by Crippen LogP contribution is 2.93. The number of ether oxygens (including phenoxy) is 1. The first-order valence-electron chi connectivity index (χ1n) is 36.7. The minimum Gasteiger partial charge on any atom is -0.469 e. The first kappa shape index (κ1) is 72.0. The summed E-state index contributed by atoms with van der Waals surface area (Å²) >= 11 is 0. The maximum absolute atomic E-state index is 12.8. The van der Waals surface area contributed by atoms with Crippen LogP contribution in [-0.2, 0) is 20.4 Å². The second-order valence-corrected chi connectivity index (χ2v) is 27.7. The Balaban J connectivity index is 0.000000169. The van der Waals surface area contributed by atoms with Gasteiger partial charge in [-0.1, -0.05) is 94.4 Å². The van der Waals surface area contributed by atoms with Gasteiger partial charge in [-0.3, -0.25) is 4.79 Å². The summed E-state index contributed by atoms with van der Waals surface area (Å²) in [5, 5.41) is 10.0. The molecule has 0 radical (unpaired) electrons. The van der Waals surface area contributed by atoms with Crippen molar-refractivity contribution in [1.29, 1.82) is 0 Å². The number of methoxy groups -OCH3 is 1. The molecule has 0 saturated heterocycles. The third-order valence-electron chi connectivity index (χ3n) is 22.1. The second kappa shape index (κ2) is 31.6. The van der Waals surface area contributed by atoms with Gasteiger partial charge in [0.25, 0.3) is 0 Å². The van der Waals surface area contributed by atoms with Gasteiger partial charge in [0, 0.05) is 188 Å². The zero-order valence-electron chi connectivity index (χ0n) is 62.4. The zero-order valence-corrected chi connectivity index (χ0v) is 63.5. The van der Waals surface area contributed by atoms with E-state index in [1.54, 1.807) is 153 Å². The number of allylic oxidation sites excluding steroid dienone is 12. The normalized spacial score (nSPS) is 18.0. The first-order chi connectivity index (χ1) is 57.9. The molecular formula is C113H38BO2P. The number of rotatable bonds is 5. The van der Waals surface area contributed by atoms with Gasteiger partial charge in [-0.25, -0.2) is 0 Å². The van der Waals surface area contributed by atoms with Gasteiger partial charge >= 0.3 is 12.7 Å². The minimum atomic E-state index is -0.266. The van der Waals surface area contributed by atoms with Gasteiger partial charge in [-0.15, -0.1) is 11.6 Å². The van der Waals surface area contributed by atoms with Crippen LogP contribution in [0.4, 0.5) is 0 Å². The minimum absolute atomic E-state index is 0.0877. The fourth-order valence-corrected chi connectivity index (χ4v) is 19.4. The number of hydrogen-bond acceptors (Lipinski definition) is 2. The van der Waals surface area contributed by atoms with Crippen molar-refractivity contribution in [2.24, 2.45) is 17.3 Å². The average Bonchev–Trinajstić information content (AvgIpc) is 1.39. The lowest BCUT2D eigenvalue weighted by molar-refractivity contribution is -0.140. The van der Waals surface area contributed by atoms with E-state index in [1.807, 2.05) is 0 Å². The summed E-state index contributed by atoms with van der Waals surface area (Å²) in [6.45, 7) is 3.22. The van der Waals surface area contributed by atoms with Crippen LogP contribution in [0.25, 0.3) is 65.8 Å². The smallest absolute Gasteiger partial charge is 0.314 e. The van der Waals surface area contributed by atoms with Gasteiger partial charge in [0.15, 0.2) is 0 Å². The lowest BCUT2D eigenvalue weighted by Crippen LogP contribution is -2.27. The van der Waals surface area contributed by atoms with Crippen LogP contribution in [0, 0.1) is 372 Å².